The van der Waals surface area contributed by atoms with Crippen LogP contribution in [0.2, 0.25) is 0 Å². The standard InChI is InChI=1S/C7H13NO2/c1-7(2)4-8(3)6(10)5(7)9/h5,9H,4H2,1-3H3. The van der Waals surface area contributed by atoms with Crippen LogP contribution in [0.15, 0.2) is 0 Å². The predicted octanol–water partition coefficient (Wildman–Crippen LogP) is -0.155. The summed E-state index contributed by atoms with van der Waals surface area (Å²) in [6.45, 7) is 4.42. The molecule has 0 aliphatic carbocycles. The number of rotatable bonds is 0. The van der Waals surface area contributed by atoms with E-state index >= 15 is 0 Å². The minimum Gasteiger partial charge on any atom is -0.383 e. The van der Waals surface area contributed by atoms with E-state index in [1.165, 1.54) is 0 Å². The zero-order valence-corrected chi connectivity index (χ0v) is 6.59. The second-order valence-corrected chi connectivity index (χ2v) is 3.59. The number of hydrogen-bond donors (Lipinski definition) is 1. The van der Waals surface area contributed by atoms with E-state index < -0.39 is 6.10 Å². The molecule has 1 N–H and O–H groups in total. The summed E-state index contributed by atoms with van der Waals surface area (Å²) >= 11 is 0. The highest BCUT2D eigenvalue weighted by Crippen LogP contribution is 2.28. The molecule has 0 saturated carbocycles. The van der Waals surface area contributed by atoms with Crippen molar-refractivity contribution in [3.05, 3.63) is 0 Å². The average molecular weight is 143 g/mol. The molecule has 1 aliphatic rings. The molecule has 1 amide bonds. The first-order valence-corrected chi connectivity index (χ1v) is 3.38. The first-order chi connectivity index (χ1) is 4.45. The highest BCUT2D eigenvalue weighted by molar-refractivity contribution is 5.83. The Kier molecular flexibility index (Phi) is 1.47. The lowest BCUT2D eigenvalue weighted by Crippen LogP contribution is -2.29. The number of hydrogen-bond acceptors (Lipinski definition) is 2. The van der Waals surface area contributed by atoms with E-state index in [2.05, 4.69) is 0 Å². The van der Waals surface area contributed by atoms with Crippen LogP contribution in [-0.2, 0) is 4.79 Å². The van der Waals surface area contributed by atoms with Crippen LogP contribution in [0.5, 0.6) is 0 Å². The first kappa shape index (κ1) is 7.54. The van der Waals surface area contributed by atoms with Crippen LogP contribution in [0.25, 0.3) is 0 Å². The largest absolute Gasteiger partial charge is 0.383 e. The van der Waals surface area contributed by atoms with Gasteiger partial charge in [0.25, 0.3) is 5.91 Å². The number of aliphatic hydroxyl groups excluding tert-OH is 1. The zero-order chi connectivity index (χ0) is 7.94. The van der Waals surface area contributed by atoms with Crippen LogP contribution >= 0.6 is 0 Å². The zero-order valence-electron chi connectivity index (χ0n) is 6.59. The van der Waals surface area contributed by atoms with Crippen LogP contribution in [0.3, 0.4) is 0 Å². The molecule has 0 aromatic carbocycles. The minimum absolute atomic E-state index is 0.162. The van der Waals surface area contributed by atoms with Crippen molar-refractivity contribution in [1.82, 2.24) is 4.90 Å². The maximum Gasteiger partial charge on any atom is 0.251 e. The van der Waals surface area contributed by atoms with Crippen molar-refractivity contribution in [2.75, 3.05) is 13.6 Å². The fourth-order valence-electron chi connectivity index (χ4n) is 1.32. The van der Waals surface area contributed by atoms with Gasteiger partial charge in [-0.2, -0.15) is 0 Å². The van der Waals surface area contributed by atoms with Crippen molar-refractivity contribution >= 4 is 5.91 Å². The second kappa shape index (κ2) is 1.95. The molecule has 3 nitrogen and oxygen atoms in total. The van der Waals surface area contributed by atoms with Gasteiger partial charge in [0, 0.05) is 19.0 Å². The summed E-state index contributed by atoms with van der Waals surface area (Å²) in [5, 5.41) is 9.30. The van der Waals surface area contributed by atoms with E-state index in [9.17, 15) is 9.90 Å². The Bertz CT molecular complexity index is 165. The Labute approximate surface area is 60.6 Å². The van der Waals surface area contributed by atoms with Crippen LogP contribution in [-0.4, -0.2) is 35.6 Å². The normalized spacial score (nSPS) is 31.4. The molecule has 0 bridgehead atoms. The van der Waals surface area contributed by atoms with Gasteiger partial charge in [-0.25, -0.2) is 0 Å². The van der Waals surface area contributed by atoms with E-state index in [1.807, 2.05) is 13.8 Å². The Morgan fingerprint density at radius 1 is 1.70 bits per heavy atom. The average Bonchev–Trinajstić information content (AvgIpc) is 1.95. The summed E-state index contributed by atoms with van der Waals surface area (Å²) < 4.78 is 0. The SMILES string of the molecule is CN1CC(C)(C)C(O)C1=O. The molecular weight excluding hydrogens is 130 g/mol. The van der Waals surface area contributed by atoms with E-state index in [4.69, 9.17) is 0 Å². The molecule has 3 heteroatoms. The maximum absolute atomic E-state index is 11.0. The number of aliphatic hydroxyl groups is 1. The molecule has 58 valence electrons. The Morgan fingerprint density at radius 2 is 2.20 bits per heavy atom. The van der Waals surface area contributed by atoms with Gasteiger partial charge in [-0.05, 0) is 0 Å². The first-order valence-electron chi connectivity index (χ1n) is 3.38. The third-order valence-corrected chi connectivity index (χ3v) is 2.00. The molecule has 1 heterocycles. The molecule has 0 spiro atoms. The molecule has 1 unspecified atom stereocenters. The number of nitrogens with zero attached hydrogens (tertiary/aromatic N) is 1. The topological polar surface area (TPSA) is 40.5 Å². The second-order valence-electron chi connectivity index (χ2n) is 3.59. The van der Waals surface area contributed by atoms with E-state index in [1.54, 1.807) is 11.9 Å². The van der Waals surface area contributed by atoms with E-state index in [0.717, 1.165) is 0 Å². The van der Waals surface area contributed by atoms with Crippen LogP contribution in [0.4, 0.5) is 0 Å². The van der Waals surface area contributed by atoms with Gasteiger partial charge in [0.15, 0.2) is 0 Å². The summed E-state index contributed by atoms with van der Waals surface area (Å²) in [6.07, 6.45) is -0.808. The summed E-state index contributed by atoms with van der Waals surface area (Å²) in [5.41, 5.74) is -0.272. The molecule has 0 radical (unpaired) electrons. The lowest BCUT2D eigenvalue weighted by Gasteiger charge is -2.18. The molecule has 1 atom stereocenters. The van der Waals surface area contributed by atoms with Gasteiger partial charge in [0.2, 0.25) is 0 Å². The number of likely N-dealkylation sites (N-methyl/N-ethyl adjacent to an activating group) is 1. The van der Waals surface area contributed by atoms with Crippen molar-refractivity contribution in [2.24, 2.45) is 5.41 Å². The number of amides is 1. The van der Waals surface area contributed by atoms with Crippen molar-refractivity contribution in [3.8, 4) is 0 Å². The monoisotopic (exact) mass is 143 g/mol. The van der Waals surface area contributed by atoms with Gasteiger partial charge in [-0.15, -0.1) is 0 Å². The van der Waals surface area contributed by atoms with Crippen molar-refractivity contribution in [3.63, 3.8) is 0 Å². The van der Waals surface area contributed by atoms with Crippen molar-refractivity contribution < 1.29 is 9.90 Å². The Balaban J connectivity index is 2.81. The van der Waals surface area contributed by atoms with Crippen LogP contribution in [0, 0.1) is 5.41 Å². The number of likely N-dealkylation sites (tertiary alicyclic amines) is 1. The molecule has 1 fully saturated rings. The summed E-state index contributed by atoms with van der Waals surface area (Å²) in [5.74, 6) is -0.162. The molecule has 1 aliphatic heterocycles. The Morgan fingerprint density at radius 3 is 2.30 bits per heavy atom. The smallest absolute Gasteiger partial charge is 0.251 e. The highest BCUT2D eigenvalue weighted by atomic mass is 16.3. The van der Waals surface area contributed by atoms with Gasteiger partial charge in [0.1, 0.15) is 6.10 Å². The van der Waals surface area contributed by atoms with Crippen LogP contribution < -0.4 is 0 Å². The summed E-state index contributed by atoms with van der Waals surface area (Å²) in [7, 11) is 1.71. The Hall–Kier alpha value is -0.570. The quantitative estimate of drug-likeness (QED) is 0.512. The molecule has 10 heavy (non-hydrogen) atoms. The lowest BCUT2D eigenvalue weighted by atomic mass is 9.90. The van der Waals surface area contributed by atoms with Crippen molar-refractivity contribution in [2.45, 2.75) is 20.0 Å². The van der Waals surface area contributed by atoms with Gasteiger partial charge in [-0.1, -0.05) is 13.8 Å². The molecule has 1 saturated heterocycles. The molecule has 1 rings (SSSR count). The molecule has 0 aromatic heterocycles. The number of carbonyl (C=O) groups is 1. The van der Waals surface area contributed by atoms with Gasteiger partial charge in [0.05, 0.1) is 0 Å². The van der Waals surface area contributed by atoms with Gasteiger partial charge >= 0.3 is 0 Å². The fraction of sp³-hybridized carbons (Fsp3) is 0.857. The molecule has 0 aromatic rings. The highest BCUT2D eigenvalue weighted by Gasteiger charge is 2.43. The van der Waals surface area contributed by atoms with E-state index in [-0.39, 0.29) is 11.3 Å². The fourth-order valence-corrected chi connectivity index (χ4v) is 1.32. The van der Waals surface area contributed by atoms with Crippen LogP contribution in [0.1, 0.15) is 13.8 Å². The number of carbonyl (C=O) groups excluding carboxylic acids is 1. The third-order valence-electron chi connectivity index (χ3n) is 2.00. The van der Waals surface area contributed by atoms with E-state index in [0.29, 0.717) is 6.54 Å². The summed E-state index contributed by atoms with van der Waals surface area (Å²) in [4.78, 5) is 12.6. The maximum atomic E-state index is 11.0. The molecular formula is C7H13NO2. The predicted molar refractivity (Wildman–Crippen MR) is 37.4 cm³/mol. The third kappa shape index (κ3) is 0.904. The van der Waals surface area contributed by atoms with Gasteiger partial charge in [-0.3, -0.25) is 4.79 Å². The minimum atomic E-state index is -0.808. The van der Waals surface area contributed by atoms with Crippen molar-refractivity contribution in [1.29, 1.82) is 0 Å². The summed E-state index contributed by atoms with van der Waals surface area (Å²) in [6, 6.07) is 0. The van der Waals surface area contributed by atoms with Gasteiger partial charge < -0.3 is 10.0 Å². The lowest BCUT2D eigenvalue weighted by molar-refractivity contribution is -0.134.